The van der Waals surface area contributed by atoms with Gasteiger partial charge in [-0.3, -0.25) is 0 Å². The SMILES string of the molecule is C=Cc1ccc2oc(-c3ccc(C)cc3)nc2c1. The Morgan fingerprint density at radius 1 is 1.11 bits per heavy atom. The molecule has 0 radical (unpaired) electrons. The highest BCUT2D eigenvalue weighted by Crippen LogP contribution is 2.25. The second-order valence-electron chi connectivity index (χ2n) is 4.32. The highest BCUT2D eigenvalue weighted by Gasteiger charge is 2.07. The fourth-order valence-corrected chi connectivity index (χ4v) is 1.89. The van der Waals surface area contributed by atoms with Gasteiger partial charge in [-0.2, -0.15) is 0 Å². The van der Waals surface area contributed by atoms with Crippen LogP contribution in [-0.4, -0.2) is 4.98 Å². The summed E-state index contributed by atoms with van der Waals surface area (Å²) < 4.78 is 5.75. The van der Waals surface area contributed by atoms with Crippen LogP contribution < -0.4 is 0 Å². The molecule has 0 amide bonds. The Hall–Kier alpha value is -2.35. The molecule has 0 unspecified atom stereocenters. The average molecular weight is 235 g/mol. The van der Waals surface area contributed by atoms with Gasteiger partial charge in [0, 0.05) is 5.56 Å². The first kappa shape index (κ1) is 10.8. The highest BCUT2D eigenvalue weighted by atomic mass is 16.3. The van der Waals surface area contributed by atoms with Crippen molar-refractivity contribution in [2.45, 2.75) is 6.92 Å². The van der Waals surface area contributed by atoms with Gasteiger partial charge in [0.2, 0.25) is 5.89 Å². The largest absolute Gasteiger partial charge is 0.436 e. The average Bonchev–Trinajstić information content (AvgIpc) is 2.82. The predicted molar refractivity (Wildman–Crippen MR) is 74.3 cm³/mol. The lowest BCUT2D eigenvalue weighted by molar-refractivity contribution is 0.620. The van der Waals surface area contributed by atoms with Crippen LogP contribution in [-0.2, 0) is 0 Å². The maximum atomic E-state index is 5.75. The van der Waals surface area contributed by atoms with Crippen molar-refractivity contribution >= 4 is 17.2 Å². The van der Waals surface area contributed by atoms with E-state index in [1.165, 1.54) is 5.56 Å². The monoisotopic (exact) mass is 235 g/mol. The van der Waals surface area contributed by atoms with E-state index >= 15 is 0 Å². The number of rotatable bonds is 2. The zero-order chi connectivity index (χ0) is 12.5. The maximum Gasteiger partial charge on any atom is 0.227 e. The van der Waals surface area contributed by atoms with Crippen LogP contribution >= 0.6 is 0 Å². The Bertz CT molecular complexity index is 708. The lowest BCUT2D eigenvalue weighted by Crippen LogP contribution is -1.77. The van der Waals surface area contributed by atoms with Gasteiger partial charge < -0.3 is 4.42 Å². The van der Waals surface area contributed by atoms with Crippen molar-refractivity contribution < 1.29 is 4.42 Å². The fraction of sp³-hybridized carbons (Fsp3) is 0.0625. The van der Waals surface area contributed by atoms with E-state index < -0.39 is 0 Å². The summed E-state index contributed by atoms with van der Waals surface area (Å²) in [7, 11) is 0. The third-order valence-corrected chi connectivity index (χ3v) is 2.95. The van der Waals surface area contributed by atoms with Crippen molar-refractivity contribution in [1.82, 2.24) is 4.98 Å². The van der Waals surface area contributed by atoms with E-state index in [0.29, 0.717) is 5.89 Å². The summed E-state index contributed by atoms with van der Waals surface area (Å²) in [5.41, 5.74) is 4.94. The summed E-state index contributed by atoms with van der Waals surface area (Å²) in [6.45, 7) is 5.82. The number of benzene rings is 2. The number of hydrogen-bond acceptors (Lipinski definition) is 2. The first-order valence-corrected chi connectivity index (χ1v) is 5.86. The number of hydrogen-bond donors (Lipinski definition) is 0. The van der Waals surface area contributed by atoms with Crippen molar-refractivity contribution in [3.63, 3.8) is 0 Å². The van der Waals surface area contributed by atoms with Gasteiger partial charge >= 0.3 is 0 Å². The minimum absolute atomic E-state index is 0.659. The van der Waals surface area contributed by atoms with Crippen LogP contribution in [0.3, 0.4) is 0 Å². The molecule has 0 atom stereocenters. The molecule has 1 heterocycles. The summed E-state index contributed by atoms with van der Waals surface area (Å²) >= 11 is 0. The maximum absolute atomic E-state index is 5.75. The Kier molecular flexibility index (Phi) is 2.49. The van der Waals surface area contributed by atoms with E-state index in [1.807, 2.05) is 30.3 Å². The van der Waals surface area contributed by atoms with E-state index in [2.05, 4.69) is 30.6 Å². The van der Waals surface area contributed by atoms with Crippen LogP contribution in [0.2, 0.25) is 0 Å². The molecule has 0 bridgehead atoms. The van der Waals surface area contributed by atoms with Crippen molar-refractivity contribution in [3.05, 3.63) is 60.2 Å². The van der Waals surface area contributed by atoms with Gasteiger partial charge in [0.15, 0.2) is 5.58 Å². The molecule has 0 saturated carbocycles. The van der Waals surface area contributed by atoms with Crippen LogP contribution in [0.4, 0.5) is 0 Å². The molecule has 1 aromatic heterocycles. The standard InChI is InChI=1S/C16H13NO/c1-3-12-6-9-15-14(10-12)17-16(18-15)13-7-4-11(2)5-8-13/h3-10H,1H2,2H3. The molecule has 2 aromatic carbocycles. The molecule has 3 rings (SSSR count). The molecule has 0 fully saturated rings. The molecule has 3 aromatic rings. The zero-order valence-corrected chi connectivity index (χ0v) is 10.2. The Labute approximate surface area is 106 Å². The highest BCUT2D eigenvalue weighted by molar-refractivity contribution is 5.78. The van der Waals surface area contributed by atoms with E-state index in [9.17, 15) is 0 Å². The van der Waals surface area contributed by atoms with E-state index in [4.69, 9.17) is 4.42 Å². The van der Waals surface area contributed by atoms with Gasteiger partial charge in [-0.25, -0.2) is 4.98 Å². The molecule has 0 spiro atoms. The molecule has 88 valence electrons. The van der Waals surface area contributed by atoms with Crippen LogP contribution in [0.15, 0.2) is 53.5 Å². The van der Waals surface area contributed by atoms with Gasteiger partial charge in [0.1, 0.15) is 5.52 Å². The first-order valence-electron chi connectivity index (χ1n) is 5.86. The number of aromatic nitrogens is 1. The van der Waals surface area contributed by atoms with E-state index in [-0.39, 0.29) is 0 Å². The normalized spacial score (nSPS) is 10.7. The van der Waals surface area contributed by atoms with Crippen LogP contribution in [0.1, 0.15) is 11.1 Å². The van der Waals surface area contributed by atoms with Crippen LogP contribution in [0.25, 0.3) is 28.6 Å². The van der Waals surface area contributed by atoms with Gasteiger partial charge in [0.05, 0.1) is 0 Å². The number of aryl methyl sites for hydroxylation is 1. The molecular formula is C16H13NO. The van der Waals surface area contributed by atoms with Gasteiger partial charge in [0.25, 0.3) is 0 Å². The molecular weight excluding hydrogens is 222 g/mol. The Balaban J connectivity index is 2.12. The molecule has 0 aliphatic carbocycles. The fourth-order valence-electron chi connectivity index (χ4n) is 1.89. The smallest absolute Gasteiger partial charge is 0.227 e. The zero-order valence-electron chi connectivity index (χ0n) is 10.2. The van der Waals surface area contributed by atoms with Crippen molar-refractivity contribution in [1.29, 1.82) is 0 Å². The van der Waals surface area contributed by atoms with Crippen molar-refractivity contribution in [2.75, 3.05) is 0 Å². The van der Waals surface area contributed by atoms with Crippen LogP contribution in [0.5, 0.6) is 0 Å². The number of fused-ring (bicyclic) bond motifs is 1. The van der Waals surface area contributed by atoms with Crippen molar-refractivity contribution in [2.24, 2.45) is 0 Å². The summed E-state index contributed by atoms with van der Waals surface area (Å²) in [5.74, 6) is 0.659. The van der Waals surface area contributed by atoms with Crippen molar-refractivity contribution in [3.8, 4) is 11.5 Å². The molecule has 2 heteroatoms. The van der Waals surface area contributed by atoms with Gasteiger partial charge in [-0.15, -0.1) is 0 Å². The van der Waals surface area contributed by atoms with E-state index in [0.717, 1.165) is 22.2 Å². The molecule has 2 nitrogen and oxygen atoms in total. The molecule has 18 heavy (non-hydrogen) atoms. The molecule has 0 aliphatic heterocycles. The minimum Gasteiger partial charge on any atom is -0.436 e. The Morgan fingerprint density at radius 3 is 2.61 bits per heavy atom. The summed E-state index contributed by atoms with van der Waals surface area (Å²) in [6, 6.07) is 14.0. The third-order valence-electron chi connectivity index (χ3n) is 2.95. The quantitative estimate of drug-likeness (QED) is 0.656. The summed E-state index contributed by atoms with van der Waals surface area (Å²) in [5, 5.41) is 0. The van der Waals surface area contributed by atoms with Crippen LogP contribution in [0, 0.1) is 6.92 Å². The number of oxazole rings is 1. The number of nitrogens with zero attached hydrogens (tertiary/aromatic N) is 1. The second kappa shape index (κ2) is 4.15. The van der Waals surface area contributed by atoms with E-state index in [1.54, 1.807) is 6.08 Å². The minimum atomic E-state index is 0.659. The Morgan fingerprint density at radius 2 is 1.89 bits per heavy atom. The lowest BCUT2D eigenvalue weighted by atomic mass is 10.1. The lowest BCUT2D eigenvalue weighted by Gasteiger charge is -1.95. The predicted octanol–water partition coefficient (Wildman–Crippen LogP) is 4.45. The van der Waals surface area contributed by atoms with Gasteiger partial charge in [-0.1, -0.05) is 36.4 Å². The molecule has 0 N–H and O–H groups in total. The topological polar surface area (TPSA) is 26.0 Å². The molecule has 0 aliphatic rings. The summed E-state index contributed by atoms with van der Waals surface area (Å²) in [6.07, 6.45) is 1.81. The summed E-state index contributed by atoms with van der Waals surface area (Å²) in [4.78, 5) is 4.51. The van der Waals surface area contributed by atoms with Gasteiger partial charge in [-0.05, 0) is 36.8 Å². The second-order valence-corrected chi connectivity index (χ2v) is 4.32. The third kappa shape index (κ3) is 1.82. The molecule has 0 saturated heterocycles. The first-order chi connectivity index (χ1) is 8.76.